The maximum absolute atomic E-state index is 12.9. The zero-order chi connectivity index (χ0) is 17.8. The van der Waals surface area contributed by atoms with Crippen LogP contribution >= 0.6 is 0 Å². The van der Waals surface area contributed by atoms with Crippen LogP contribution in [0.5, 0.6) is 0 Å². The van der Waals surface area contributed by atoms with Gasteiger partial charge in [-0.1, -0.05) is 0 Å². The van der Waals surface area contributed by atoms with E-state index < -0.39 is 5.97 Å². The lowest BCUT2D eigenvalue weighted by Gasteiger charge is -2.32. The number of amides is 1. The molecule has 2 N–H and O–H groups in total. The fourth-order valence-electron chi connectivity index (χ4n) is 2.72. The molecule has 0 spiro atoms. The smallest absolute Gasteiger partial charge is 0.356 e. The molecule has 1 aromatic heterocycles. The molecule has 8 heteroatoms. The van der Waals surface area contributed by atoms with Crippen LogP contribution < -0.4 is 5.32 Å². The number of carbonyl (C=O) groups is 2. The van der Waals surface area contributed by atoms with Gasteiger partial charge in [0.1, 0.15) is 11.5 Å². The highest BCUT2D eigenvalue weighted by molar-refractivity contribution is 5.92. The molecular formula is C17H17FN4O3. The molecule has 0 aliphatic carbocycles. The van der Waals surface area contributed by atoms with Crippen molar-refractivity contribution >= 4 is 17.6 Å². The lowest BCUT2D eigenvalue weighted by Crippen LogP contribution is -2.42. The molecule has 1 aromatic carbocycles. The molecule has 3 rings (SSSR count). The number of hydrogen-bond donors (Lipinski definition) is 2. The maximum Gasteiger partial charge on any atom is 0.356 e. The maximum atomic E-state index is 12.9. The van der Waals surface area contributed by atoms with Gasteiger partial charge in [-0.05, 0) is 37.1 Å². The van der Waals surface area contributed by atoms with Gasteiger partial charge in [-0.25, -0.2) is 19.2 Å². The molecule has 0 atom stereocenters. The number of nitrogens with one attached hydrogen (secondary N) is 1. The molecule has 130 valence electrons. The van der Waals surface area contributed by atoms with Crippen LogP contribution in [-0.2, 0) is 0 Å². The third kappa shape index (κ3) is 4.09. The van der Waals surface area contributed by atoms with Crippen molar-refractivity contribution < 1.29 is 19.1 Å². The van der Waals surface area contributed by atoms with Gasteiger partial charge in [-0.3, -0.25) is 4.79 Å². The summed E-state index contributed by atoms with van der Waals surface area (Å²) in [5.41, 5.74) is 0.787. The van der Waals surface area contributed by atoms with Crippen molar-refractivity contribution in [1.82, 2.24) is 14.9 Å². The number of nitrogens with zero attached hydrogens (tertiary/aromatic N) is 3. The second-order valence-corrected chi connectivity index (χ2v) is 5.81. The Bertz CT molecular complexity index is 756. The van der Waals surface area contributed by atoms with E-state index in [1.807, 2.05) is 0 Å². The summed E-state index contributed by atoms with van der Waals surface area (Å²) in [4.78, 5) is 32.4. The topological polar surface area (TPSA) is 95.4 Å². The van der Waals surface area contributed by atoms with E-state index in [2.05, 4.69) is 15.3 Å². The second-order valence-electron chi connectivity index (χ2n) is 5.81. The molecule has 1 aliphatic heterocycles. The van der Waals surface area contributed by atoms with Gasteiger partial charge in [0.05, 0.1) is 12.4 Å². The number of aromatic carboxylic acids is 1. The highest BCUT2D eigenvalue weighted by Crippen LogP contribution is 2.18. The molecule has 7 nitrogen and oxygen atoms in total. The molecular weight excluding hydrogens is 327 g/mol. The quantitative estimate of drug-likeness (QED) is 0.881. The number of anilines is 1. The Morgan fingerprint density at radius 3 is 2.24 bits per heavy atom. The zero-order valence-electron chi connectivity index (χ0n) is 13.4. The molecule has 0 unspecified atom stereocenters. The normalized spacial score (nSPS) is 15.0. The number of carboxylic acids is 1. The van der Waals surface area contributed by atoms with Crippen LogP contribution in [0.3, 0.4) is 0 Å². The standard InChI is InChI=1S/C17H17FN4O3/c18-11-1-3-12(4-2-11)21-13-5-7-22(8-6-13)16(23)14-9-20-15(10-19-14)17(24)25/h1-4,9-10,13,21H,5-8H2,(H,24,25). The van der Waals surface area contributed by atoms with Crippen molar-refractivity contribution in [3.05, 3.63) is 53.9 Å². The van der Waals surface area contributed by atoms with Crippen LogP contribution in [0, 0.1) is 5.82 Å². The average molecular weight is 344 g/mol. The molecule has 2 heterocycles. The van der Waals surface area contributed by atoms with E-state index in [4.69, 9.17) is 5.11 Å². The Balaban J connectivity index is 1.55. The SMILES string of the molecule is O=C(O)c1cnc(C(=O)N2CCC(Nc3ccc(F)cc3)CC2)cn1. The van der Waals surface area contributed by atoms with Crippen LogP contribution in [0.2, 0.25) is 0 Å². The second kappa shape index (κ2) is 7.25. The summed E-state index contributed by atoms with van der Waals surface area (Å²) in [5.74, 6) is -1.72. The fraction of sp³-hybridized carbons (Fsp3) is 0.294. The number of carbonyl (C=O) groups excluding carboxylic acids is 1. The summed E-state index contributed by atoms with van der Waals surface area (Å²) in [6.07, 6.45) is 3.78. The summed E-state index contributed by atoms with van der Waals surface area (Å²) in [6, 6.07) is 6.38. The highest BCUT2D eigenvalue weighted by Gasteiger charge is 2.24. The van der Waals surface area contributed by atoms with Crippen LogP contribution in [0.15, 0.2) is 36.7 Å². The van der Waals surface area contributed by atoms with Crippen molar-refractivity contribution in [1.29, 1.82) is 0 Å². The first-order valence-electron chi connectivity index (χ1n) is 7.89. The largest absolute Gasteiger partial charge is 0.476 e. The lowest BCUT2D eigenvalue weighted by atomic mass is 10.0. The number of halogens is 1. The number of piperidine rings is 1. The van der Waals surface area contributed by atoms with Gasteiger partial charge in [-0.15, -0.1) is 0 Å². The summed E-state index contributed by atoms with van der Waals surface area (Å²) in [6.45, 7) is 1.11. The fourth-order valence-corrected chi connectivity index (χ4v) is 2.72. The molecule has 0 saturated carbocycles. The predicted molar refractivity (Wildman–Crippen MR) is 87.9 cm³/mol. The van der Waals surface area contributed by atoms with Crippen molar-refractivity contribution in [2.24, 2.45) is 0 Å². The zero-order valence-corrected chi connectivity index (χ0v) is 13.4. The van der Waals surface area contributed by atoms with Crippen molar-refractivity contribution in [2.45, 2.75) is 18.9 Å². The number of likely N-dealkylation sites (tertiary alicyclic amines) is 1. The van der Waals surface area contributed by atoms with Crippen LogP contribution in [-0.4, -0.2) is 51.0 Å². The number of carboxylic acid groups (broad SMARTS) is 1. The van der Waals surface area contributed by atoms with E-state index >= 15 is 0 Å². The molecule has 0 radical (unpaired) electrons. The Kier molecular flexibility index (Phi) is 4.87. The molecule has 25 heavy (non-hydrogen) atoms. The third-order valence-electron chi connectivity index (χ3n) is 4.09. The first-order valence-corrected chi connectivity index (χ1v) is 7.89. The van der Waals surface area contributed by atoms with E-state index in [1.54, 1.807) is 17.0 Å². The van der Waals surface area contributed by atoms with Gasteiger partial charge in [0.2, 0.25) is 0 Å². The molecule has 1 aliphatic rings. The van der Waals surface area contributed by atoms with Crippen LogP contribution in [0.1, 0.15) is 33.8 Å². The Hall–Kier alpha value is -3.03. The van der Waals surface area contributed by atoms with Gasteiger partial charge in [0.25, 0.3) is 5.91 Å². The number of rotatable bonds is 4. The monoisotopic (exact) mass is 344 g/mol. The highest BCUT2D eigenvalue weighted by atomic mass is 19.1. The van der Waals surface area contributed by atoms with Gasteiger partial charge in [0, 0.05) is 24.8 Å². The number of hydrogen-bond acceptors (Lipinski definition) is 5. The lowest BCUT2D eigenvalue weighted by molar-refractivity contribution is 0.0680. The summed E-state index contributed by atoms with van der Waals surface area (Å²) >= 11 is 0. The van der Waals surface area contributed by atoms with Gasteiger partial charge in [0.15, 0.2) is 5.69 Å². The molecule has 1 saturated heterocycles. The number of benzene rings is 1. The number of aromatic nitrogens is 2. The van der Waals surface area contributed by atoms with E-state index in [0.717, 1.165) is 24.7 Å². The summed E-state index contributed by atoms with van der Waals surface area (Å²) < 4.78 is 12.9. The molecule has 1 fully saturated rings. The first-order chi connectivity index (χ1) is 12.0. The molecule has 1 amide bonds. The predicted octanol–water partition coefficient (Wildman–Crippen LogP) is 2.03. The van der Waals surface area contributed by atoms with Crippen molar-refractivity contribution in [2.75, 3.05) is 18.4 Å². The summed E-state index contributed by atoms with van der Waals surface area (Å²) in [7, 11) is 0. The first kappa shape index (κ1) is 16.8. The average Bonchev–Trinajstić information content (AvgIpc) is 2.64. The van der Waals surface area contributed by atoms with E-state index in [9.17, 15) is 14.0 Å². The van der Waals surface area contributed by atoms with Crippen LogP contribution in [0.4, 0.5) is 10.1 Å². The van der Waals surface area contributed by atoms with Crippen LogP contribution in [0.25, 0.3) is 0 Å². The Morgan fingerprint density at radius 1 is 1.08 bits per heavy atom. The van der Waals surface area contributed by atoms with Gasteiger partial charge in [-0.2, -0.15) is 0 Å². The summed E-state index contributed by atoms with van der Waals surface area (Å²) in [5, 5.41) is 12.1. The molecule has 0 bridgehead atoms. The minimum absolute atomic E-state index is 0.134. The Morgan fingerprint density at radius 2 is 1.68 bits per heavy atom. The van der Waals surface area contributed by atoms with Gasteiger partial charge >= 0.3 is 5.97 Å². The van der Waals surface area contributed by atoms with Crippen molar-refractivity contribution in [3.8, 4) is 0 Å². The molecule has 2 aromatic rings. The van der Waals surface area contributed by atoms with Gasteiger partial charge < -0.3 is 15.3 Å². The third-order valence-corrected chi connectivity index (χ3v) is 4.09. The van der Waals surface area contributed by atoms with E-state index in [0.29, 0.717) is 13.1 Å². The minimum Gasteiger partial charge on any atom is -0.476 e. The van der Waals surface area contributed by atoms with E-state index in [-0.39, 0.29) is 29.2 Å². The van der Waals surface area contributed by atoms with E-state index in [1.165, 1.54) is 18.3 Å². The Labute approximate surface area is 143 Å². The van der Waals surface area contributed by atoms with Crippen molar-refractivity contribution in [3.63, 3.8) is 0 Å². The minimum atomic E-state index is -1.18.